The molecule has 1 amide bonds. The lowest BCUT2D eigenvalue weighted by Gasteiger charge is -2.09. The second-order valence-corrected chi connectivity index (χ2v) is 6.13. The van der Waals surface area contributed by atoms with Gasteiger partial charge >= 0.3 is 0 Å². The Morgan fingerprint density at radius 3 is 3.24 bits per heavy atom. The first kappa shape index (κ1) is 14.3. The quantitative estimate of drug-likeness (QED) is 0.907. The third-order valence-corrected chi connectivity index (χ3v) is 4.26. The molecule has 3 rings (SSSR count). The summed E-state index contributed by atoms with van der Waals surface area (Å²) >= 11 is 7.36. The molecule has 21 heavy (non-hydrogen) atoms. The fourth-order valence-corrected chi connectivity index (χ4v) is 3.21. The number of halogens is 1. The fourth-order valence-electron chi connectivity index (χ4n) is 2.04. The molecule has 1 aliphatic heterocycles. The molecular formula is C14H14ClN3O2S. The Labute approximate surface area is 131 Å². The maximum absolute atomic E-state index is 11.9. The number of fused-ring (bicyclic) bond motifs is 1. The van der Waals surface area contributed by atoms with Crippen molar-refractivity contribution >= 4 is 34.0 Å². The van der Waals surface area contributed by atoms with Crippen LogP contribution < -0.4 is 15.4 Å². The first-order valence-corrected chi connectivity index (χ1v) is 7.77. The zero-order chi connectivity index (χ0) is 14.7. The van der Waals surface area contributed by atoms with E-state index in [0.717, 1.165) is 25.2 Å². The summed E-state index contributed by atoms with van der Waals surface area (Å²) in [5.41, 5.74) is 1.07. The molecule has 0 fully saturated rings. The molecule has 0 bridgehead atoms. The third-order valence-electron chi connectivity index (χ3n) is 3.01. The Hall–Kier alpha value is -1.63. The SMILES string of the molecule is O=C(COc1cccc(Cl)c1)Nc1nc2c(s1)CNCC2. The molecule has 0 saturated heterocycles. The van der Waals surface area contributed by atoms with Crippen LogP contribution in [0.3, 0.4) is 0 Å². The summed E-state index contributed by atoms with van der Waals surface area (Å²) in [5, 5.41) is 7.25. The minimum Gasteiger partial charge on any atom is -0.484 e. The molecule has 110 valence electrons. The van der Waals surface area contributed by atoms with Crippen molar-refractivity contribution in [3.8, 4) is 5.75 Å². The standard InChI is InChI=1S/C14H14ClN3O2S/c15-9-2-1-3-10(6-9)20-8-13(19)18-14-17-11-4-5-16-7-12(11)21-14/h1-3,6,16H,4-5,7-8H2,(H,17,18,19). The van der Waals surface area contributed by atoms with Crippen LogP contribution >= 0.6 is 22.9 Å². The minimum absolute atomic E-state index is 0.0666. The van der Waals surface area contributed by atoms with Crippen LogP contribution in [0.2, 0.25) is 5.02 Å². The highest BCUT2D eigenvalue weighted by molar-refractivity contribution is 7.15. The Morgan fingerprint density at radius 2 is 2.43 bits per heavy atom. The maximum Gasteiger partial charge on any atom is 0.264 e. The highest BCUT2D eigenvalue weighted by Gasteiger charge is 2.16. The van der Waals surface area contributed by atoms with Crippen molar-refractivity contribution in [1.29, 1.82) is 0 Å². The molecule has 2 N–H and O–H groups in total. The summed E-state index contributed by atoms with van der Waals surface area (Å²) in [4.78, 5) is 17.5. The lowest BCUT2D eigenvalue weighted by Crippen LogP contribution is -2.22. The van der Waals surface area contributed by atoms with Crippen molar-refractivity contribution in [3.05, 3.63) is 39.9 Å². The van der Waals surface area contributed by atoms with Crippen molar-refractivity contribution in [2.75, 3.05) is 18.5 Å². The van der Waals surface area contributed by atoms with E-state index in [9.17, 15) is 4.79 Å². The fraction of sp³-hybridized carbons (Fsp3) is 0.286. The predicted octanol–water partition coefficient (Wildman–Crippen LogP) is 2.46. The Balaban J connectivity index is 1.55. The number of amides is 1. The number of hydrogen-bond donors (Lipinski definition) is 2. The first-order valence-electron chi connectivity index (χ1n) is 6.58. The van der Waals surface area contributed by atoms with E-state index in [2.05, 4.69) is 15.6 Å². The highest BCUT2D eigenvalue weighted by atomic mass is 35.5. The van der Waals surface area contributed by atoms with Gasteiger partial charge in [0.1, 0.15) is 5.75 Å². The summed E-state index contributed by atoms with van der Waals surface area (Å²) < 4.78 is 5.39. The van der Waals surface area contributed by atoms with Crippen molar-refractivity contribution in [2.45, 2.75) is 13.0 Å². The second-order valence-electron chi connectivity index (χ2n) is 4.61. The van der Waals surface area contributed by atoms with Crippen LogP contribution in [0, 0.1) is 0 Å². The van der Waals surface area contributed by atoms with E-state index in [0.29, 0.717) is 15.9 Å². The Bertz CT molecular complexity index is 636. The van der Waals surface area contributed by atoms with Gasteiger partial charge < -0.3 is 10.1 Å². The molecule has 1 aromatic carbocycles. The first-order chi connectivity index (χ1) is 10.2. The van der Waals surface area contributed by atoms with Gasteiger partial charge in [0.2, 0.25) is 0 Å². The minimum atomic E-state index is -0.228. The molecule has 1 aliphatic rings. The Morgan fingerprint density at radius 1 is 1.52 bits per heavy atom. The monoisotopic (exact) mass is 323 g/mol. The number of nitrogens with one attached hydrogen (secondary N) is 2. The van der Waals surface area contributed by atoms with E-state index in [-0.39, 0.29) is 12.5 Å². The zero-order valence-electron chi connectivity index (χ0n) is 11.2. The number of anilines is 1. The van der Waals surface area contributed by atoms with Crippen molar-refractivity contribution < 1.29 is 9.53 Å². The topological polar surface area (TPSA) is 63.2 Å². The average molecular weight is 324 g/mol. The lowest BCUT2D eigenvalue weighted by atomic mass is 10.2. The van der Waals surface area contributed by atoms with E-state index >= 15 is 0 Å². The molecule has 1 aromatic heterocycles. The normalized spacial score (nSPS) is 13.6. The van der Waals surface area contributed by atoms with Crippen LogP contribution in [0.15, 0.2) is 24.3 Å². The largest absolute Gasteiger partial charge is 0.484 e. The molecule has 7 heteroatoms. The summed E-state index contributed by atoms with van der Waals surface area (Å²) in [6.07, 6.45) is 0.903. The molecule has 5 nitrogen and oxygen atoms in total. The summed E-state index contributed by atoms with van der Waals surface area (Å²) in [5.74, 6) is 0.342. The lowest BCUT2D eigenvalue weighted by molar-refractivity contribution is -0.118. The summed E-state index contributed by atoms with van der Waals surface area (Å²) in [7, 11) is 0. The molecule has 0 saturated carbocycles. The average Bonchev–Trinajstić information content (AvgIpc) is 2.87. The van der Waals surface area contributed by atoms with Crippen LogP contribution in [0.4, 0.5) is 5.13 Å². The van der Waals surface area contributed by atoms with Gasteiger partial charge in [0.05, 0.1) is 5.69 Å². The van der Waals surface area contributed by atoms with Gasteiger partial charge in [-0.1, -0.05) is 17.7 Å². The van der Waals surface area contributed by atoms with Gasteiger partial charge in [0, 0.05) is 29.4 Å². The van der Waals surface area contributed by atoms with Gasteiger partial charge in [0.25, 0.3) is 5.91 Å². The van der Waals surface area contributed by atoms with E-state index in [1.54, 1.807) is 24.3 Å². The van der Waals surface area contributed by atoms with E-state index in [4.69, 9.17) is 16.3 Å². The number of thiazole rings is 1. The highest BCUT2D eigenvalue weighted by Crippen LogP contribution is 2.25. The second kappa shape index (κ2) is 6.43. The number of rotatable bonds is 4. The van der Waals surface area contributed by atoms with Crippen molar-refractivity contribution in [1.82, 2.24) is 10.3 Å². The van der Waals surface area contributed by atoms with Crippen LogP contribution in [0.1, 0.15) is 10.6 Å². The van der Waals surface area contributed by atoms with Crippen molar-refractivity contribution in [2.24, 2.45) is 0 Å². The molecule has 2 aromatic rings. The van der Waals surface area contributed by atoms with E-state index in [1.807, 2.05) is 0 Å². The number of carbonyl (C=O) groups excluding carboxylic acids is 1. The predicted molar refractivity (Wildman–Crippen MR) is 83.1 cm³/mol. The van der Waals surface area contributed by atoms with Crippen molar-refractivity contribution in [3.63, 3.8) is 0 Å². The summed E-state index contributed by atoms with van der Waals surface area (Å²) in [6, 6.07) is 6.95. The maximum atomic E-state index is 11.9. The van der Waals surface area contributed by atoms with Gasteiger partial charge in [-0.3, -0.25) is 10.1 Å². The number of ether oxygens (including phenoxy) is 1. The van der Waals surface area contributed by atoms with Crippen LogP contribution in [-0.2, 0) is 17.8 Å². The molecule has 0 spiro atoms. The Kier molecular flexibility index (Phi) is 4.38. The van der Waals surface area contributed by atoms with Crippen LogP contribution in [0.5, 0.6) is 5.75 Å². The van der Waals surface area contributed by atoms with Crippen LogP contribution in [-0.4, -0.2) is 24.0 Å². The summed E-state index contributed by atoms with van der Waals surface area (Å²) in [6.45, 7) is 1.69. The van der Waals surface area contributed by atoms with Gasteiger partial charge in [0.15, 0.2) is 11.7 Å². The van der Waals surface area contributed by atoms with E-state index in [1.165, 1.54) is 16.2 Å². The number of carbonyl (C=O) groups is 1. The van der Waals surface area contributed by atoms with Gasteiger partial charge in [-0.05, 0) is 18.2 Å². The number of benzene rings is 1. The van der Waals surface area contributed by atoms with E-state index < -0.39 is 0 Å². The number of aromatic nitrogens is 1. The molecule has 0 unspecified atom stereocenters. The number of hydrogen-bond acceptors (Lipinski definition) is 5. The molecule has 2 heterocycles. The molecule has 0 aliphatic carbocycles. The molecular weight excluding hydrogens is 310 g/mol. The van der Waals surface area contributed by atoms with Gasteiger partial charge in [-0.15, -0.1) is 11.3 Å². The van der Waals surface area contributed by atoms with Gasteiger partial charge in [-0.25, -0.2) is 4.98 Å². The smallest absolute Gasteiger partial charge is 0.264 e. The third kappa shape index (κ3) is 3.72. The zero-order valence-corrected chi connectivity index (χ0v) is 12.8. The molecule has 0 radical (unpaired) electrons. The van der Waals surface area contributed by atoms with Crippen LogP contribution in [0.25, 0.3) is 0 Å². The number of nitrogens with zero attached hydrogens (tertiary/aromatic N) is 1. The molecule has 0 atom stereocenters. The van der Waals surface area contributed by atoms with Gasteiger partial charge in [-0.2, -0.15) is 0 Å².